The van der Waals surface area contributed by atoms with Crippen LogP contribution in [0.1, 0.15) is 37.4 Å². The molecule has 2 heterocycles. The Hall–Kier alpha value is -0.130. The van der Waals surface area contributed by atoms with Crippen LogP contribution in [-0.2, 0) is 6.42 Å². The molecule has 3 rings (SSSR count). The van der Waals surface area contributed by atoms with Gasteiger partial charge in [-0.2, -0.15) is 28.6 Å². The van der Waals surface area contributed by atoms with E-state index in [4.69, 9.17) is 0 Å². The molecular formula is C14H22N2OS2. The van der Waals surface area contributed by atoms with Crippen LogP contribution in [0.2, 0.25) is 0 Å². The van der Waals surface area contributed by atoms with E-state index in [0.29, 0.717) is 17.7 Å². The van der Waals surface area contributed by atoms with Crippen LogP contribution in [0.5, 0.6) is 0 Å². The Balaban J connectivity index is 1.56. The van der Waals surface area contributed by atoms with Gasteiger partial charge in [0.1, 0.15) is 0 Å². The Bertz CT molecular complexity index is 398. The van der Waals surface area contributed by atoms with E-state index in [0.717, 1.165) is 11.4 Å². The predicted molar refractivity (Wildman–Crippen MR) is 83.0 cm³/mol. The van der Waals surface area contributed by atoms with Gasteiger partial charge in [0.15, 0.2) is 0 Å². The van der Waals surface area contributed by atoms with Gasteiger partial charge in [0.25, 0.3) is 0 Å². The van der Waals surface area contributed by atoms with Crippen molar-refractivity contribution in [2.45, 2.75) is 49.5 Å². The van der Waals surface area contributed by atoms with Gasteiger partial charge in [-0.15, -0.1) is 0 Å². The Morgan fingerprint density at radius 3 is 2.95 bits per heavy atom. The zero-order valence-electron chi connectivity index (χ0n) is 11.2. The molecule has 0 bridgehead atoms. The molecule has 1 N–H and O–H groups in total. The third-order valence-corrected chi connectivity index (χ3v) is 6.96. The van der Waals surface area contributed by atoms with Crippen LogP contribution in [0.25, 0.3) is 0 Å². The second-order valence-corrected chi connectivity index (χ2v) is 7.98. The van der Waals surface area contributed by atoms with Crippen LogP contribution >= 0.6 is 23.5 Å². The van der Waals surface area contributed by atoms with Gasteiger partial charge in [0, 0.05) is 35.1 Å². The van der Waals surface area contributed by atoms with Crippen molar-refractivity contribution in [1.29, 1.82) is 0 Å². The van der Waals surface area contributed by atoms with Crippen molar-refractivity contribution in [2.24, 2.45) is 0 Å². The van der Waals surface area contributed by atoms with Crippen molar-refractivity contribution < 1.29 is 5.11 Å². The average molecular weight is 298 g/mol. The molecule has 1 aromatic heterocycles. The van der Waals surface area contributed by atoms with Crippen molar-refractivity contribution >= 4 is 23.5 Å². The summed E-state index contributed by atoms with van der Waals surface area (Å²) in [6.45, 7) is 0. The second-order valence-electron chi connectivity index (χ2n) is 5.48. The lowest BCUT2D eigenvalue weighted by molar-refractivity contribution is 0.176. The van der Waals surface area contributed by atoms with Gasteiger partial charge in [-0.05, 0) is 18.9 Å². The average Bonchev–Trinajstić information content (AvgIpc) is 3.10. The largest absolute Gasteiger partial charge is 0.392 e. The van der Waals surface area contributed by atoms with E-state index in [-0.39, 0.29) is 6.10 Å². The second kappa shape index (κ2) is 6.55. The summed E-state index contributed by atoms with van der Waals surface area (Å²) in [5.74, 6) is 3.47. The lowest BCUT2D eigenvalue weighted by Gasteiger charge is -2.25. The normalized spacial score (nSPS) is 26.7. The van der Waals surface area contributed by atoms with Crippen molar-refractivity contribution in [3.8, 4) is 0 Å². The van der Waals surface area contributed by atoms with Crippen LogP contribution in [0.4, 0.5) is 0 Å². The fourth-order valence-electron chi connectivity index (χ4n) is 2.93. The molecule has 3 nitrogen and oxygen atoms in total. The molecule has 1 aliphatic carbocycles. The summed E-state index contributed by atoms with van der Waals surface area (Å²) in [6, 6.07) is 2.69. The first kappa shape index (κ1) is 13.8. The summed E-state index contributed by atoms with van der Waals surface area (Å²) < 4.78 is 2.12. The monoisotopic (exact) mass is 298 g/mol. The number of aromatic nitrogens is 2. The zero-order valence-corrected chi connectivity index (χ0v) is 12.8. The number of hydrogen-bond acceptors (Lipinski definition) is 4. The lowest BCUT2D eigenvalue weighted by Crippen LogP contribution is -2.30. The molecule has 2 atom stereocenters. The van der Waals surface area contributed by atoms with Gasteiger partial charge < -0.3 is 5.11 Å². The fourth-order valence-corrected chi connectivity index (χ4v) is 5.70. The van der Waals surface area contributed by atoms with Gasteiger partial charge in [0.05, 0.1) is 17.8 Å². The first-order valence-corrected chi connectivity index (χ1v) is 9.45. The maximum atomic E-state index is 10.3. The van der Waals surface area contributed by atoms with Crippen LogP contribution in [0, 0.1) is 0 Å². The van der Waals surface area contributed by atoms with Crippen LogP contribution in [-0.4, -0.2) is 43.5 Å². The smallest absolute Gasteiger partial charge is 0.0722 e. The molecule has 5 heteroatoms. The fraction of sp³-hybridized carbons (Fsp3) is 0.786. The van der Waals surface area contributed by atoms with Crippen molar-refractivity contribution in [3.05, 3.63) is 18.0 Å². The molecule has 1 aliphatic heterocycles. The van der Waals surface area contributed by atoms with Gasteiger partial charge in [-0.3, -0.25) is 4.68 Å². The van der Waals surface area contributed by atoms with Gasteiger partial charge in [-0.25, -0.2) is 0 Å². The maximum absolute atomic E-state index is 10.3. The van der Waals surface area contributed by atoms with Crippen molar-refractivity contribution in [2.75, 3.05) is 17.3 Å². The number of rotatable bonds is 4. The molecule has 0 amide bonds. The summed E-state index contributed by atoms with van der Waals surface area (Å²) in [5.41, 5.74) is 1.05. The van der Waals surface area contributed by atoms with E-state index in [1.54, 1.807) is 0 Å². The number of hydrogen-bond donors (Lipinski definition) is 1. The predicted octanol–water partition coefficient (Wildman–Crippen LogP) is 2.75. The van der Waals surface area contributed by atoms with E-state index >= 15 is 0 Å². The molecule has 106 valence electrons. The molecule has 19 heavy (non-hydrogen) atoms. The highest BCUT2D eigenvalue weighted by Crippen LogP contribution is 2.30. The van der Waals surface area contributed by atoms with Crippen molar-refractivity contribution in [3.63, 3.8) is 0 Å². The van der Waals surface area contributed by atoms with Gasteiger partial charge in [0.2, 0.25) is 0 Å². The van der Waals surface area contributed by atoms with Crippen LogP contribution in [0.15, 0.2) is 12.3 Å². The summed E-state index contributed by atoms with van der Waals surface area (Å²) in [6.07, 6.45) is 7.75. The van der Waals surface area contributed by atoms with E-state index in [1.807, 2.05) is 23.5 Å². The molecule has 0 spiro atoms. The molecule has 2 aliphatic rings. The minimum atomic E-state index is -0.246. The summed E-state index contributed by atoms with van der Waals surface area (Å²) in [5, 5.41) is 15.4. The summed E-state index contributed by atoms with van der Waals surface area (Å²) in [4.78, 5) is 0. The third-order valence-electron chi connectivity index (χ3n) is 4.05. The highest BCUT2D eigenvalue weighted by atomic mass is 32.2. The molecule has 1 aromatic rings. The van der Waals surface area contributed by atoms with Crippen LogP contribution < -0.4 is 0 Å². The molecule has 0 aromatic carbocycles. The molecule has 0 radical (unpaired) electrons. The highest BCUT2D eigenvalue weighted by molar-refractivity contribution is 8.06. The summed E-state index contributed by atoms with van der Waals surface area (Å²) >= 11 is 3.88. The maximum Gasteiger partial charge on any atom is 0.0722 e. The topological polar surface area (TPSA) is 38.0 Å². The van der Waals surface area contributed by atoms with E-state index in [1.165, 1.54) is 37.2 Å². The lowest BCUT2D eigenvalue weighted by atomic mass is 10.1. The highest BCUT2D eigenvalue weighted by Gasteiger charge is 2.24. The Labute approximate surface area is 123 Å². The first-order chi connectivity index (χ1) is 9.33. The molecule has 1 saturated heterocycles. The number of nitrogens with zero attached hydrogens (tertiary/aromatic N) is 2. The first-order valence-electron chi connectivity index (χ1n) is 7.24. The third kappa shape index (κ3) is 3.50. The van der Waals surface area contributed by atoms with E-state index < -0.39 is 0 Å². The van der Waals surface area contributed by atoms with Crippen LogP contribution in [0.3, 0.4) is 0 Å². The molecule has 2 fully saturated rings. The van der Waals surface area contributed by atoms with Crippen molar-refractivity contribution in [1.82, 2.24) is 9.78 Å². The van der Waals surface area contributed by atoms with E-state index in [9.17, 15) is 5.11 Å². The minimum Gasteiger partial charge on any atom is -0.392 e. The zero-order chi connectivity index (χ0) is 13.1. The minimum absolute atomic E-state index is 0.246. The van der Waals surface area contributed by atoms with E-state index in [2.05, 4.69) is 22.0 Å². The number of aliphatic hydroxyl groups excluding tert-OH is 1. The Morgan fingerprint density at radius 2 is 2.21 bits per heavy atom. The summed E-state index contributed by atoms with van der Waals surface area (Å²) in [7, 11) is 0. The molecule has 2 unspecified atom stereocenters. The standard InChI is InChI=1S/C14H22N2OS2/c17-13(14-10-18-7-8-19-14)9-11-5-6-16(15-11)12-3-1-2-4-12/h5-6,12-14,17H,1-4,7-10H2. The quantitative estimate of drug-likeness (QED) is 0.927. The Kier molecular flexibility index (Phi) is 4.77. The van der Waals surface area contributed by atoms with Gasteiger partial charge in [-0.1, -0.05) is 12.8 Å². The molecule has 1 saturated carbocycles. The number of thioether (sulfide) groups is 2. The number of aliphatic hydroxyl groups is 1. The SMILES string of the molecule is OC(Cc1ccn(C2CCCC2)n1)C1CSCCS1. The van der Waals surface area contributed by atoms with Gasteiger partial charge >= 0.3 is 0 Å². The molecular weight excluding hydrogens is 276 g/mol. The Morgan fingerprint density at radius 1 is 1.37 bits per heavy atom.